The molecule has 0 saturated carbocycles. The fourth-order valence-corrected chi connectivity index (χ4v) is 5.56. The summed E-state index contributed by atoms with van der Waals surface area (Å²) in [6, 6.07) is 12.1. The number of hydrogen-bond acceptors (Lipinski definition) is 5. The highest BCUT2D eigenvalue weighted by Crippen LogP contribution is 2.40. The number of hydrogen-bond donors (Lipinski definition) is 1. The van der Waals surface area contributed by atoms with E-state index >= 15 is 0 Å². The maximum Gasteiger partial charge on any atom is 0.295 e. The number of ketones is 1. The van der Waals surface area contributed by atoms with Crippen LogP contribution in [0.4, 0.5) is 0 Å². The summed E-state index contributed by atoms with van der Waals surface area (Å²) < 4.78 is 11.7. The molecular formula is C32H42N2O5. The number of rotatable bonds is 13. The van der Waals surface area contributed by atoms with Gasteiger partial charge in [0, 0.05) is 25.0 Å². The predicted molar refractivity (Wildman–Crippen MR) is 150 cm³/mol. The Bertz CT molecular complexity index is 1190. The largest absolute Gasteiger partial charge is 0.872 e. The van der Waals surface area contributed by atoms with E-state index in [2.05, 4.69) is 20.8 Å². The average molecular weight is 535 g/mol. The molecule has 1 amide bonds. The van der Waals surface area contributed by atoms with Gasteiger partial charge in [-0.25, -0.2) is 0 Å². The molecule has 7 heteroatoms. The van der Waals surface area contributed by atoms with Crippen molar-refractivity contribution < 1.29 is 29.1 Å². The molecule has 1 saturated heterocycles. The van der Waals surface area contributed by atoms with Crippen LogP contribution in [-0.4, -0.2) is 55.5 Å². The zero-order valence-electron chi connectivity index (χ0n) is 23.8. The van der Waals surface area contributed by atoms with Crippen LogP contribution in [0.2, 0.25) is 0 Å². The number of unbranched alkanes of at least 4 members (excludes halogenated alkanes) is 2. The first-order valence-electron chi connectivity index (χ1n) is 14.5. The third-order valence-electron chi connectivity index (χ3n) is 7.83. The predicted octanol–water partition coefficient (Wildman–Crippen LogP) is 3.12. The van der Waals surface area contributed by atoms with E-state index < -0.39 is 23.5 Å². The minimum Gasteiger partial charge on any atom is -0.872 e. The second-order valence-electron chi connectivity index (χ2n) is 10.6. The summed E-state index contributed by atoms with van der Waals surface area (Å²) in [7, 11) is 0. The van der Waals surface area contributed by atoms with E-state index in [9.17, 15) is 14.7 Å². The van der Waals surface area contributed by atoms with Crippen molar-refractivity contribution in [1.29, 1.82) is 0 Å². The third kappa shape index (κ3) is 6.47. The number of nitrogens with one attached hydrogen (secondary N) is 1. The molecule has 0 radical (unpaired) electrons. The fraction of sp³-hybridized carbons (Fsp3) is 0.500. The Morgan fingerprint density at radius 2 is 1.79 bits per heavy atom. The minimum atomic E-state index is -0.721. The molecule has 2 heterocycles. The molecule has 1 N–H and O–H groups in total. The van der Waals surface area contributed by atoms with Gasteiger partial charge in [0.2, 0.25) is 5.78 Å². The second kappa shape index (κ2) is 13.2. The van der Waals surface area contributed by atoms with Crippen molar-refractivity contribution in [2.45, 2.75) is 71.9 Å². The fourth-order valence-electron chi connectivity index (χ4n) is 5.56. The number of ether oxygens (including phenoxy) is 2. The number of fused-ring (bicyclic) bond motifs is 1. The molecule has 2 aromatic carbocycles. The standard InChI is InChI=1S/C32H42N2O5/c1-5-8-9-19-38-26-14-11-23(12-15-26)29-28(30(35)24-13-16-27-25(21-24)20-22(4)39-27)31(36)32(37)34(29)18-10-17-33(6-2)7-3/h11-16,21-22,29,35H,5-10,17-20H2,1-4H3/b30-28+. The first kappa shape index (κ1) is 28.7. The zero-order chi connectivity index (χ0) is 27.9. The molecule has 1 fully saturated rings. The van der Waals surface area contributed by atoms with Crippen LogP contribution in [0.25, 0.3) is 5.76 Å². The van der Waals surface area contributed by atoms with Crippen molar-refractivity contribution >= 4 is 17.4 Å². The summed E-state index contributed by atoms with van der Waals surface area (Å²) in [6.07, 6.45) is 4.74. The molecule has 2 aliphatic rings. The van der Waals surface area contributed by atoms with E-state index in [1.165, 1.54) is 4.90 Å². The van der Waals surface area contributed by atoms with Crippen LogP contribution in [0.1, 0.15) is 76.1 Å². The molecule has 0 aromatic heterocycles. The molecule has 2 aromatic rings. The number of likely N-dealkylation sites (tertiary alicyclic amines) is 1. The molecule has 39 heavy (non-hydrogen) atoms. The van der Waals surface area contributed by atoms with E-state index in [0.717, 1.165) is 67.9 Å². The molecule has 0 spiro atoms. The van der Waals surface area contributed by atoms with Crippen LogP contribution in [0.5, 0.6) is 11.5 Å². The lowest BCUT2D eigenvalue weighted by Gasteiger charge is -2.28. The number of Topliss-reactive ketones (excluding diaryl/α,β-unsaturated/α-hetero) is 1. The second-order valence-corrected chi connectivity index (χ2v) is 10.6. The Hall–Kier alpha value is -3.32. The minimum absolute atomic E-state index is 0.0266. The lowest BCUT2D eigenvalue weighted by Crippen LogP contribution is -3.11. The first-order chi connectivity index (χ1) is 18.9. The lowest BCUT2D eigenvalue weighted by atomic mass is 9.94. The van der Waals surface area contributed by atoms with Crippen LogP contribution in [-0.2, 0) is 16.0 Å². The number of benzene rings is 2. The van der Waals surface area contributed by atoms with Gasteiger partial charge in [-0.3, -0.25) is 9.59 Å². The Labute approximate surface area is 232 Å². The van der Waals surface area contributed by atoms with Gasteiger partial charge in [0.15, 0.2) is 0 Å². The van der Waals surface area contributed by atoms with Gasteiger partial charge in [0.25, 0.3) is 5.91 Å². The maximum atomic E-state index is 13.9. The van der Waals surface area contributed by atoms with E-state index in [-0.39, 0.29) is 11.7 Å². The monoisotopic (exact) mass is 534 g/mol. The first-order valence-corrected chi connectivity index (χ1v) is 14.5. The lowest BCUT2D eigenvalue weighted by molar-refractivity contribution is -0.896. The summed E-state index contributed by atoms with van der Waals surface area (Å²) in [5, 5.41) is 13.9. The van der Waals surface area contributed by atoms with E-state index in [0.29, 0.717) is 25.1 Å². The smallest absolute Gasteiger partial charge is 0.295 e. The molecule has 2 aliphatic heterocycles. The Morgan fingerprint density at radius 3 is 2.49 bits per heavy atom. The zero-order valence-corrected chi connectivity index (χ0v) is 23.8. The van der Waals surface area contributed by atoms with Crippen LogP contribution >= 0.6 is 0 Å². The average Bonchev–Trinajstić information content (AvgIpc) is 3.44. The molecule has 4 rings (SSSR count). The highest BCUT2D eigenvalue weighted by Gasteiger charge is 2.44. The number of carbonyl (C=O) groups excluding carboxylic acids is 2. The van der Waals surface area contributed by atoms with Crippen molar-refractivity contribution in [2.24, 2.45) is 0 Å². The maximum absolute atomic E-state index is 13.9. The van der Waals surface area contributed by atoms with Gasteiger partial charge >= 0.3 is 0 Å². The molecule has 0 aliphatic carbocycles. The van der Waals surface area contributed by atoms with Gasteiger partial charge in [-0.2, -0.15) is 0 Å². The van der Waals surface area contributed by atoms with Crippen LogP contribution in [0.3, 0.4) is 0 Å². The van der Waals surface area contributed by atoms with Crippen LogP contribution in [0.15, 0.2) is 48.0 Å². The summed E-state index contributed by atoms with van der Waals surface area (Å²) in [5.74, 6) is -0.189. The topological polar surface area (TPSA) is 83.3 Å². The molecule has 2 atom stereocenters. The van der Waals surface area contributed by atoms with Gasteiger partial charge in [0.1, 0.15) is 17.6 Å². The molecule has 210 valence electrons. The number of nitrogens with zero attached hydrogens (tertiary/aromatic N) is 1. The molecule has 7 nitrogen and oxygen atoms in total. The third-order valence-corrected chi connectivity index (χ3v) is 7.83. The van der Waals surface area contributed by atoms with Crippen molar-refractivity contribution in [3.8, 4) is 11.5 Å². The number of carbonyl (C=O) groups is 2. The summed E-state index contributed by atoms with van der Waals surface area (Å²) in [5.41, 5.74) is 2.13. The summed E-state index contributed by atoms with van der Waals surface area (Å²) in [4.78, 5) is 29.7. The Kier molecular flexibility index (Phi) is 9.68. The molecule has 2 unspecified atom stereocenters. The van der Waals surface area contributed by atoms with Gasteiger partial charge in [-0.15, -0.1) is 0 Å². The van der Waals surface area contributed by atoms with Gasteiger partial charge in [-0.1, -0.05) is 43.7 Å². The van der Waals surface area contributed by atoms with E-state index in [1.54, 1.807) is 17.0 Å². The van der Waals surface area contributed by atoms with Crippen LogP contribution in [0, 0.1) is 0 Å². The SMILES string of the molecule is CCCCCOc1ccc(C2/C(=C(\[O-])c3ccc4c(c3)CC(C)O4)C(=O)C(=O)N2CCC[NH+](CC)CC)cc1. The quantitative estimate of drug-likeness (QED) is 0.185. The highest BCUT2D eigenvalue weighted by molar-refractivity contribution is 6.46. The van der Waals surface area contributed by atoms with Crippen molar-refractivity contribution in [3.05, 3.63) is 64.7 Å². The Balaban J connectivity index is 1.66. The van der Waals surface area contributed by atoms with Crippen molar-refractivity contribution in [1.82, 2.24) is 4.90 Å². The van der Waals surface area contributed by atoms with E-state index in [4.69, 9.17) is 9.47 Å². The van der Waals surface area contributed by atoms with Gasteiger partial charge in [-0.05, 0) is 68.1 Å². The highest BCUT2D eigenvalue weighted by atomic mass is 16.5. The summed E-state index contributed by atoms with van der Waals surface area (Å²) in [6.45, 7) is 12.4. The normalized spacial score (nSPS) is 20.0. The number of quaternary nitrogens is 1. The van der Waals surface area contributed by atoms with E-state index in [1.807, 2.05) is 37.3 Å². The molecular weight excluding hydrogens is 492 g/mol. The van der Waals surface area contributed by atoms with Crippen LogP contribution < -0.4 is 19.5 Å². The Morgan fingerprint density at radius 1 is 1.05 bits per heavy atom. The van der Waals surface area contributed by atoms with Crippen molar-refractivity contribution in [2.75, 3.05) is 32.8 Å². The molecule has 0 bridgehead atoms. The van der Waals surface area contributed by atoms with Crippen molar-refractivity contribution in [3.63, 3.8) is 0 Å². The summed E-state index contributed by atoms with van der Waals surface area (Å²) >= 11 is 0. The van der Waals surface area contributed by atoms with Gasteiger partial charge in [0.05, 0.1) is 32.3 Å². The number of amides is 1. The van der Waals surface area contributed by atoms with Gasteiger partial charge < -0.3 is 24.4 Å².